The third-order valence-corrected chi connectivity index (χ3v) is 5.20. The Labute approximate surface area is 204 Å². The molecule has 0 fully saturated rings. The first-order valence-corrected chi connectivity index (χ1v) is 11.2. The fraction of sp³-hybridized carbons (Fsp3) is 0.185. The summed E-state index contributed by atoms with van der Waals surface area (Å²) in [6.45, 7) is 10.9. The molecule has 2 aromatic heterocycles. The molecule has 0 saturated carbocycles. The predicted molar refractivity (Wildman–Crippen MR) is 140 cm³/mol. The van der Waals surface area contributed by atoms with E-state index in [9.17, 15) is 9.59 Å². The van der Waals surface area contributed by atoms with Crippen LogP contribution >= 0.6 is 0 Å². The first kappa shape index (κ1) is 25.2. The van der Waals surface area contributed by atoms with Crippen molar-refractivity contribution in [2.24, 2.45) is 0 Å². The summed E-state index contributed by atoms with van der Waals surface area (Å²) >= 11 is 0. The van der Waals surface area contributed by atoms with Crippen molar-refractivity contribution in [1.29, 1.82) is 0 Å². The highest BCUT2D eigenvalue weighted by Gasteiger charge is 2.22. The van der Waals surface area contributed by atoms with Gasteiger partial charge in [0.25, 0.3) is 0 Å². The van der Waals surface area contributed by atoms with Crippen LogP contribution in [0, 0.1) is 6.92 Å². The molecule has 8 heteroatoms. The van der Waals surface area contributed by atoms with E-state index in [0.29, 0.717) is 22.8 Å². The fourth-order valence-electron chi connectivity index (χ4n) is 3.71. The molecule has 1 N–H and O–H groups in total. The number of carbonyl (C=O) groups excluding carboxylic acids is 2. The summed E-state index contributed by atoms with van der Waals surface area (Å²) in [6, 6.07) is 12.8. The minimum atomic E-state index is -0.380. The van der Waals surface area contributed by atoms with E-state index in [4.69, 9.17) is 4.74 Å². The van der Waals surface area contributed by atoms with Gasteiger partial charge in [0, 0.05) is 30.9 Å². The van der Waals surface area contributed by atoms with Gasteiger partial charge in [-0.25, -0.2) is 4.68 Å². The Morgan fingerprint density at radius 2 is 1.94 bits per heavy atom. The molecule has 8 nitrogen and oxygen atoms in total. The molecule has 0 saturated heterocycles. The Morgan fingerprint density at radius 1 is 1.17 bits per heavy atom. The number of rotatable bonds is 6. The number of benzene rings is 2. The zero-order valence-electron chi connectivity index (χ0n) is 20.6. The van der Waals surface area contributed by atoms with Crippen molar-refractivity contribution >= 4 is 39.8 Å². The van der Waals surface area contributed by atoms with Crippen molar-refractivity contribution in [1.82, 2.24) is 14.8 Å². The van der Waals surface area contributed by atoms with Crippen molar-refractivity contribution in [3.05, 3.63) is 79.3 Å². The normalized spacial score (nSPS) is 10.2. The molecule has 0 bridgehead atoms. The van der Waals surface area contributed by atoms with E-state index >= 15 is 0 Å². The van der Waals surface area contributed by atoms with Gasteiger partial charge in [-0.15, -0.1) is 0 Å². The third kappa shape index (κ3) is 5.22. The summed E-state index contributed by atoms with van der Waals surface area (Å²) in [4.78, 5) is 31.0. The molecule has 0 spiro atoms. The number of ether oxygens (including phenoxy) is 1. The highest BCUT2D eigenvalue weighted by atomic mass is 16.5. The second-order valence-corrected chi connectivity index (χ2v) is 7.37. The van der Waals surface area contributed by atoms with Crippen molar-refractivity contribution in [3.8, 4) is 11.4 Å². The second-order valence-electron chi connectivity index (χ2n) is 7.37. The number of amides is 2. The highest BCUT2D eigenvalue weighted by molar-refractivity contribution is 6.09. The van der Waals surface area contributed by atoms with Gasteiger partial charge in [0.2, 0.25) is 11.8 Å². The molecule has 4 aromatic rings. The predicted octanol–water partition coefficient (Wildman–Crippen LogP) is 5.57. The number of aromatic nitrogens is 3. The molecule has 0 atom stereocenters. The van der Waals surface area contributed by atoms with Crippen LogP contribution in [-0.4, -0.2) is 33.7 Å². The van der Waals surface area contributed by atoms with E-state index in [1.807, 2.05) is 51.2 Å². The number of nitrogens with zero attached hydrogens (tertiary/aromatic N) is 4. The molecule has 2 amide bonds. The van der Waals surface area contributed by atoms with Gasteiger partial charge >= 0.3 is 0 Å². The molecule has 4 rings (SSSR count). The third-order valence-electron chi connectivity index (χ3n) is 5.20. The van der Waals surface area contributed by atoms with E-state index in [1.54, 1.807) is 40.2 Å². The fourth-order valence-corrected chi connectivity index (χ4v) is 3.71. The summed E-state index contributed by atoms with van der Waals surface area (Å²) in [5, 5.41) is 7.83. The standard InChI is InChI=1S/C25H23N5O3.C2H6/c1-5-24(32)28-22-14-19(8-10-23(22)33-4)30(17(3)31)25-16(2)15-26-21-9-7-18(13-20(21)25)29-12-6-11-27-29;1-2/h5-15H,1H2,2-4H3,(H,28,32);1-2H3. The van der Waals surface area contributed by atoms with E-state index < -0.39 is 0 Å². The lowest BCUT2D eigenvalue weighted by atomic mass is 10.1. The number of hydrogen-bond donors (Lipinski definition) is 1. The maximum atomic E-state index is 13.0. The number of pyridine rings is 1. The number of nitrogens with one attached hydrogen (secondary N) is 1. The van der Waals surface area contributed by atoms with E-state index in [1.165, 1.54) is 20.1 Å². The molecule has 35 heavy (non-hydrogen) atoms. The summed E-state index contributed by atoms with van der Waals surface area (Å²) in [5.41, 5.74) is 4.11. The van der Waals surface area contributed by atoms with Gasteiger partial charge in [0.15, 0.2) is 0 Å². The summed E-state index contributed by atoms with van der Waals surface area (Å²) in [7, 11) is 1.51. The van der Waals surface area contributed by atoms with Crippen LogP contribution in [0.15, 0.2) is 73.7 Å². The highest BCUT2D eigenvalue weighted by Crippen LogP contribution is 2.38. The average Bonchev–Trinajstić information content (AvgIpc) is 3.41. The Morgan fingerprint density at radius 3 is 2.57 bits per heavy atom. The molecule has 0 aliphatic heterocycles. The number of methoxy groups -OCH3 is 1. The Kier molecular flexibility index (Phi) is 7.99. The first-order chi connectivity index (χ1) is 16.9. The van der Waals surface area contributed by atoms with E-state index in [2.05, 4.69) is 22.0 Å². The van der Waals surface area contributed by atoms with Gasteiger partial charge < -0.3 is 10.1 Å². The number of anilines is 3. The zero-order valence-corrected chi connectivity index (χ0v) is 20.6. The van der Waals surface area contributed by atoms with Gasteiger partial charge in [-0.1, -0.05) is 20.4 Å². The monoisotopic (exact) mass is 471 g/mol. The minimum absolute atomic E-state index is 0.193. The van der Waals surface area contributed by atoms with Crippen LogP contribution < -0.4 is 15.0 Å². The van der Waals surface area contributed by atoms with Gasteiger partial charge in [-0.2, -0.15) is 5.10 Å². The van der Waals surface area contributed by atoms with Crippen LogP contribution in [0.3, 0.4) is 0 Å². The number of carbonyl (C=O) groups is 2. The Balaban J connectivity index is 0.00000167. The molecule has 180 valence electrons. The number of hydrogen-bond acceptors (Lipinski definition) is 5. The van der Waals surface area contributed by atoms with E-state index in [0.717, 1.165) is 22.2 Å². The molecule has 0 aliphatic rings. The van der Waals surface area contributed by atoms with Crippen LogP contribution in [0.4, 0.5) is 17.1 Å². The Hall–Kier alpha value is -4.46. The van der Waals surface area contributed by atoms with Crippen LogP contribution in [0.25, 0.3) is 16.6 Å². The van der Waals surface area contributed by atoms with Gasteiger partial charge in [-0.05, 0) is 61.0 Å². The lowest BCUT2D eigenvalue weighted by Gasteiger charge is -2.26. The van der Waals surface area contributed by atoms with Crippen molar-refractivity contribution < 1.29 is 14.3 Å². The molecule has 0 radical (unpaired) electrons. The summed E-state index contributed by atoms with van der Waals surface area (Å²) in [5.74, 6) is -0.106. The van der Waals surface area contributed by atoms with Crippen LogP contribution in [0.1, 0.15) is 26.3 Å². The maximum Gasteiger partial charge on any atom is 0.247 e. The Bertz CT molecular complexity index is 1360. The lowest BCUT2D eigenvalue weighted by molar-refractivity contribution is -0.116. The molecule has 0 unspecified atom stereocenters. The second kappa shape index (κ2) is 11.1. The molecule has 2 heterocycles. The summed E-state index contributed by atoms with van der Waals surface area (Å²) in [6.07, 6.45) is 6.47. The number of aryl methyl sites for hydroxylation is 1. The zero-order chi connectivity index (χ0) is 25.5. The first-order valence-electron chi connectivity index (χ1n) is 11.2. The quantitative estimate of drug-likeness (QED) is 0.371. The topological polar surface area (TPSA) is 89.4 Å². The van der Waals surface area contributed by atoms with Crippen LogP contribution in [0.2, 0.25) is 0 Å². The van der Waals surface area contributed by atoms with Crippen molar-refractivity contribution in [2.75, 3.05) is 17.3 Å². The van der Waals surface area contributed by atoms with E-state index in [-0.39, 0.29) is 11.8 Å². The van der Waals surface area contributed by atoms with Crippen LogP contribution in [-0.2, 0) is 9.59 Å². The molecule has 0 aliphatic carbocycles. The SMILES string of the molecule is C=CC(=O)Nc1cc(N(C(C)=O)c2c(C)cnc3ccc(-n4cccn4)cc23)ccc1OC.CC. The molecular formula is C27H29N5O3. The smallest absolute Gasteiger partial charge is 0.247 e. The van der Waals surface area contributed by atoms with Gasteiger partial charge in [0.05, 0.1) is 35.4 Å². The maximum absolute atomic E-state index is 13.0. The average molecular weight is 472 g/mol. The minimum Gasteiger partial charge on any atom is -0.495 e. The largest absolute Gasteiger partial charge is 0.495 e. The summed E-state index contributed by atoms with van der Waals surface area (Å²) < 4.78 is 7.12. The molecular weight excluding hydrogens is 442 g/mol. The van der Waals surface area contributed by atoms with Crippen LogP contribution in [0.5, 0.6) is 5.75 Å². The van der Waals surface area contributed by atoms with Gasteiger partial charge in [-0.3, -0.25) is 19.5 Å². The van der Waals surface area contributed by atoms with Crippen molar-refractivity contribution in [2.45, 2.75) is 27.7 Å². The number of fused-ring (bicyclic) bond motifs is 1. The molecule has 2 aromatic carbocycles. The lowest BCUT2D eigenvalue weighted by Crippen LogP contribution is -2.24. The van der Waals surface area contributed by atoms with Crippen molar-refractivity contribution in [3.63, 3.8) is 0 Å². The van der Waals surface area contributed by atoms with Gasteiger partial charge in [0.1, 0.15) is 5.75 Å².